The molecular formula is C10H7Cl2FN4. The van der Waals surface area contributed by atoms with Crippen LogP contribution in [0.5, 0.6) is 0 Å². The number of halogens is 3. The van der Waals surface area contributed by atoms with Gasteiger partial charge in [-0.25, -0.2) is 9.37 Å². The van der Waals surface area contributed by atoms with Crippen LogP contribution in [0.25, 0.3) is 0 Å². The summed E-state index contributed by atoms with van der Waals surface area (Å²) in [5.74, 6) is -0.719. The Morgan fingerprint density at radius 2 is 2.06 bits per heavy atom. The molecule has 3 N–H and O–H groups in total. The summed E-state index contributed by atoms with van der Waals surface area (Å²) < 4.78 is 13.4. The van der Waals surface area contributed by atoms with Gasteiger partial charge >= 0.3 is 0 Å². The second-order valence-corrected chi connectivity index (χ2v) is 4.02. The molecule has 0 saturated carbocycles. The third kappa shape index (κ3) is 2.75. The van der Waals surface area contributed by atoms with Crippen molar-refractivity contribution in [2.75, 3.05) is 11.1 Å². The van der Waals surface area contributed by atoms with Crippen LogP contribution >= 0.6 is 23.2 Å². The van der Waals surface area contributed by atoms with E-state index in [0.29, 0.717) is 15.7 Å². The Balaban J connectivity index is 2.37. The van der Waals surface area contributed by atoms with Gasteiger partial charge in [-0.3, -0.25) is 0 Å². The Hall–Kier alpha value is -1.59. The number of nitrogens with two attached hydrogens (primary N) is 1. The minimum atomic E-state index is -0.629. The smallest absolute Gasteiger partial charge is 0.222 e. The molecule has 0 fully saturated rings. The number of rotatable bonds is 2. The normalized spacial score (nSPS) is 10.3. The van der Waals surface area contributed by atoms with Crippen LogP contribution in [0.4, 0.5) is 21.8 Å². The van der Waals surface area contributed by atoms with Crippen LogP contribution in [0.15, 0.2) is 24.4 Å². The van der Waals surface area contributed by atoms with E-state index in [1.165, 1.54) is 0 Å². The van der Waals surface area contributed by atoms with Crippen LogP contribution in [-0.2, 0) is 0 Å². The quantitative estimate of drug-likeness (QED) is 0.881. The summed E-state index contributed by atoms with van der Waals surface area (Å²) in [5.41, 5.74) is 5.80. The number of aromatic nitrogens is 2. The maximum Gasteiger partial charge on any atom is 0.222 e. The molecular weight excluding hydrogens is 266 g/mol. The number of nitrogen functional groups attached to an aromatic ring is 1. The highest BCUT2D eigenvalue weighted by atomic mass is 35.5. The molecule has 7 heteroatoms. The summed E-state index contributed by atoms with van der Waals surface area (Å²) in [6, 6.07) is 4.77. The highest BCUT2D eigenvalue weighted by molar-refractivity contribution is 6.35. The lowest BCUT2D eigenvalue weighted by molar-refractivity contribution is 0.620. The summed E-state index contributed by atoms with van der Waals surface area (Å²) in [5, 5.41) is 3.57. The molecule has 4 nitrogen and oxygen atoms in total. The van der Waals surface area contributed by atoms with Gasteiger partial charge in [-0.05, 0) is 18.2 Å². The van der Waals surface area contributed by atoms with Gasteiger partial charge in [0.15, 0.2) is 11.6 Å². The van der Waals surface area contributed by atoms with E-state index in [1.54, 1.807) is 18.2 Å². The van der Waals surface area contributed by atoms with Crippen molar-refractivity contribution in [1.82, 2.24) is 9.97 Å². The first-order chi connectivity index (χ1) is 8.06. The van der Waals surface area contributed by atoms with Gasteiger partial charge in [0.25, 0.3) is 0 Å². The first-order valence-electron chi connectivity index (χ1n) is 4.56. The van der Waals surface area contributed by atoms with E-state index in [-0.39, 0.29) is 11.8 Å². The SMILES string of the molecule is Nc1ncc(F)c(Nc2cc(Cl)ccc2Cl)n1. The van der Waals surface area contributed by atoms with Gasteiger partial charge in [-0.15, -0.1) is 0 Å². The van der Waals surface area contributed by atoms with Crippen LogP contribution in [-0.4, -0.2) is 9.97 Å². The first kappa shape index (κ1) is 11.9. The topological polar surface area (TPSA) is 63.8 Å². The Labute approximate surface area is 107 Å². The molecule has 0 aliphatic heterocycles. The summed E-state index contributed by atoms with van der Waals surface area (Å²) in [7, 11) is 0. The fourth-order valence-corrected chi connectivity index (χ4v) is 1.53. The highest BCUT2D eigenvalue weighted by Gasteiger charge is 2.08. The van der Waals surface area contributed by atoms with Gasteiger partial charge in [0, 0.05) is 5.02 Å². The minimum absolute atomic E-state index is 0.0351. The van der Waals surface area contributed by atoms with Gasteiger partial charge in [0.2, 0.25) is 5.95 Å². The highest BCUT2D eigenvalue weighted by Crippen LogP contribution is 2.28. The van der Waals surface area contributed by atoms with Crippen molar-refractivity contribution in [3.05, 3.63) is 40.3 Å². The van der Waals surface area contributed by atoms with E-state index >= 15 is 0 Å². The van der Waals surface area contributed by atoms with E-state index < -0.39 is 5.82 Å². The molecule has 0 radical (unpaired) electrons. The van der Waals surface area contributed by atoms with Crippen LogP contribution in [0.3, 0.4) is 0 Å². The van der Waals surface area contributed by atoms with Crippen molar-refractivity contribution in [2.45, 2.75) is 0 Å². The average molecular weight is 273 g/mol. The third-order valence-electron chi connectivity index (χ3n) is 1.94. The monoisotopic (exact) mass is 272 g/mol. The molecule has 0 bridgehead atoms. The van der Waals surface area contributed by atoms with Gasteiger partial charge < -0.3 is 11.1 Å². The minimum Gasteiger partial charge on any atom is -0.368 e. The summed E-state index contributed by atoms with van der Waals surface area (Å²) in [6.07, 6.45) is 0.975. The molecule has 2 aromatic rings. The van der Waals surface area contributed by atoms with Gasteiger partial charge in [0.05, 0.1) is 16.9 Å². The molecule has 0 amide bonds. The number of benzene rings is 1. The first-order valence-corrected chi connectivity index (χ1v) is 5.32. The molecule has 0 atom stereocenters. The maximum atomic E-state index is 13.4. The zero-order valence-electron chi connectivity index (χ0n) is 8.42. The van der Waals surface area contributed by atoms with Crippen molar-refractivity contribution >= 4 is 40.7 Å². The molecule has 0 aliphatic rings. The van der Waals surface area contributed by atoms with Crippen molar-refractivity contribution in [3.63, 3.8) is 0 Å². The van der Waals surface area contributed by atoms with Crippen molar-refractivity contribution in [2.24, 2.45) is 0 Å². The standard InChI is InChI=1S/C10H7Cl2FN4/c11-5-1-2-6(12)8(3-5)16-9-7(13)4-15-10(14)17-9/h1-4H,(H3,14,15,16,17). The Morgan fingerprint density at radius 1 is 1.29 bits per heavy atom. The van der Waals surface area contributed by atoms with E-state index in [1.807, 2.05) is 0 Å². The lowest BCUT2D eigenvalue weighted by atomic mass is 10.3. The van der Waals surface area contributed by atoms with Crippen molar-refractivity contribution in [1.29, 1.82) is 0 Å². The molecule has 2 rings (SSSR count). The lowest BCUT2D eigenvalue weighted by Crippen LogP contribution is -2.02. The largest absolute Gasteiger partial charge is 0.368 e. The van der Waals surface area contributed by atoms with Crippen molar-refractivity contribution < 1.29 is 4.39 Å². The summed E-state index contributed by atoms with van der Waals surface area (Å²) in [4.78, 5) is 7.23. The fraction of sp³-hybridized carbons (Fsp3) is 0. The molecule has 0 spiro atoms. The molecule has 1 aromatic carbocycles. The number of nitrogens with zero attached hydrogens (tertiary/aromatic N) is 2. The van der Waals surface area contributed by atoms with Crippen LogP contribution in [0.1, 0.15) is 0 Å². The van der Waals surface area contributed by atoms with E-state index in [0.717, 1.165) is 6.20 Å². The number of hydrogen-bond donors (Lipinski definition) is 2. The van der Waals surface area contributed by atoms with E-state index in [2.05, 4.69) is 15.3 Å². The average Bonchev–Trinajstić information content (AvgIpc) is 2.28. The van der Waals surface area contributed by atoms with Crippen LogP contribution in [0.2, 0.25) is 10.0 Å². The summed E-state index contributed by atoms with van der Waals surface area (Å²) in [6.45, 7) is 0. The van der Waals surface area contributed by atoms with E-state index in [9.17, 15) is 4.39 Å². The second-order valence-electron chi connectivity index (χ2n) is 3.17. The Bertz CT molecular complexity index is 512. The zero-order chi connectivity index (χ0) is 12.4. The Kier molecular flexibility index (Phi) is 3.31. The molecule has 88 valence electrons. The maximum absolute atomic E-state index is 13.4. The predicted molar refractivity (Wildman–Crippen MR) is 66.1 cm³/mol. The fourth-order valence-electron chi connectivity index (χ4n) is 1.19. The van der Waals surface area contributed by atoms with E-state index in [4.69, 9.17) is 28.9 Å². The second kappa shape index (κ2) is 4.73. The lowest BCUT2D eigenvalue weighted by Gasteiger charge is -2.08. The molecule has 0 saturated heterocycles. The number of anilines is 3. The summed E-state index contributed by atoms with van der Waals surface area (Å²) >= 11 is 11.7. The molecule has 1 heterocycles. The molecule has 1 aromatic heterocycles. The van der Waals surface area contributed by atoms with Gasteiger partial charge in [0.1, 0.15) is 0 Å². The number of nitrogens with one attached hydrogen (secondary N) is 1. The van der Waals surface area contributed by atoms with Crippen LogP contribution < -0.4 is 11.1 Å². The predicted octanol–water partition coefficient (Wildman–Crippen LogP) is 3.25. The molecule has 17 heavy (non-hydrogen) atoms. The van der Waals surface area contributed by atoms with Crippen molar-refractivity contribution in [3.8, 4) is 0 Å². The Morgan fingerprint density at radius 3 is 2.82 bits per heavy atom. The van der Waals surface area contributed by atoms with Crippen LogP contribution in [0, 0.1) is 5.82 Å². The third-order valence-corrected chi connectivity index (χ3v) is 2.51. The molecule has 0 unspecified atom stereocenters. The van der Waals surface area contributed by atoms with Gasteiger partial charge in [-0.2, -0.15) is 4.98 Å². The number of hydrogen-bond acceptors (Lipinski definition) is 4. The zero-order valence-corrected chi connectivity index (χ0v) is 9.93. The van der Waals surface area contributed by atoms with Gasteiger partial charge in [-0.1, -0.05) is 23.2 Å². The molecule has 0 aliphatic carbocycles.